The number of esters is 1. The second kappa shape index (κ2) is 14.6. The highest BCUT2D eigenvalue weighted by Crippen LogP contribution is 2.36. The van der Waals surface area contributed by atoms with Crippen molar-refractivity contribution >= 4 is 34.9 Å². The molecule has 0 saturated carbocycles. The molecule has 2 aliphatic heterocycles. The van der Waals surface area contributed by atoms with Crippen LogP contribution in [0.2, 0.25) is 5.02 Å². The maximum absolute atomic E-state index is 14.2. The van der Waals surface area contributed by atoms with E-state index in [0.717, 1.165) is 24.2 Å². The molecule has 0 radical (unpaired) electrons. The molecule has 1 atom stereocenters. The first-order chi connectivity index (χ1) is 22.4. The quantitative estimate of drug-likeness (QED) is 0.319. The molecule has 13 heteroatoms. The van der Waals surface area contributed by atoms with Gasteiger partial charge in [0.1, 0.15) is 0 Å². The number of nitrogens with two attached hydrogens (primary N) is 1. The van der Waals surface area contributed by atoms with Crippen LogP contribution in [0.15, 0.2) is 48.5 Å². The lowest BCUT2D eigenvalue weighted by molar-refractivity contribution is -0.189. The monoisotopic (exact) mass is 674 g/mol. The van der Waals surface area contributed by atoms with Crippen molar-refractivity contribution < 1.29 is 27.5 Å². The smallest absolute Gasteiger partial charge is 0.417 e. The first-order valence-corrected chi connectivity index (χ1v) is 16.3. The SMILES string of the molecule is Cc1c(CN2CCN(c3ccccc3Cl)CC2)c(OC(=O)C(F)(F)F)c(C(=O)N2CCN(c3cccc(CCCN)c3)C[C@H]2C)n1C. The summed E-state index contributed by atoms with van der Waals surface area (Å²) < 4.78 is 47.1. The number of rotatable bonds is 9. The largest absolute Gasteiger partial charge is 0.491 e. The van der Waals surface area contributed by atoms with Gasteiger partial charge in [0.2, 0.25) is 0 Å². The summed E-state index contributed by atoms with van der Waals surface area (Å²) in [5.41, 5.74) is 9.73. The van der Waals surface area contributed by atoms with Crippen LogP contribution in [-0.4, -0.2) is 90.8 Å². The minimum absolute atomic E-state index is 0.0612. The predicted molar refractivity (Wildman–Crippen MR) is 177 cm³/mol. The summed E-state index contributed by atoms with van der Waals surface area (Å²) in [6, 6.07) is 15.6. The normalized spacial score (nSPS) is 17.7. The van der Waals surface area contributed by atoms with E-state index in [0.29, 0.717) is 68.6 Å². The van der Waals surface area contributed by atoms with Crippen LogP contribution in [0.1, 0.15) is 40.7 Å². The molecule has 5 rings (SSSR count). The molecule has 0 aliphatic carbocycles. The number of halogens is 4. The van der Waals surface area contributed by atoms with Crippen LogP contribution in [0.3, 0.4) is 0 Å². The van der Waals surface area contributed by atoms with Crippen molar-refractivity contribution in [3.8, 4) is 5.75 Å². The maximum atomic E-state index is 14.2. The minimum atomic E-state index is -5.22. The van der Waals surface area contributed by atoms with Gasteiger partial charge in [-0.2, -0.15) is 13.2 Å². The number of carbonyl (C=O) groups is 2. The zero-order valence-electron chi connectivity index (χ0n) is 27.0. The number of para-hydroxylation sites is 1. The highest BCUT2D eigenvalue weighted by molar-refractivity contribution is 6.33. The van der Waals surface area contributed by atoms with E-state index in [-0.39, 0.29) is 24.0 Å². The Morgan fingerprint density at radius 1 is 1.00 bits per heavy atom. The average Bonchev–Trinajstić information content (AvgIpc) is 3.27. The fourth-order valence-corrected chi connectivity index (χ4v) is 6.70. The van der Waals surface area contributed by atoms with Crippen LogP contribution >= 0.6 is 11.6 Å². The Bertz CT molecular complexity index is 1590. The molecule has 2 fully saturated rings. The van der Waals surface area contributed by atoms with Gasteiger partial charge in [0, 0.05) is 82.4 Å². The molecule has 2 aliphatic rings. The van der Waals surface area contributed by atoms with E-state index in [1.54, 1.807) is 23.4 Å². The highest BCUT2D eigenvalue weighted by Gasteiger charge is 2.44. The van der Waals surface area contributed by atoms with Gasteiger partial charge in [0.15, 0.2) is 11.4 Å². The fraction of sp³-hybridized carbons (Fsp3) is 0.471. The Hall–Kier alpha value is -3.74. The molecule has 2 aromatic carbocycles. The van der Waals surface area contributed by atoms with Crippen LogP contribution in [0.4, 0.5) is 24.5 Å². The number of piperazine rings is 2. The molecular formula is C34H42ClF3N6O3. The van der Waals surface area contributed by atoms with Crippen LogP contribution < -0.4 is 20.3 Å². The van der Waals surface area contributed by atoms with Crippen molar-refractivity contribution in [2.24, 2.45) is 12.8 Å². The van der Waals surface area contributed by atoms with E-state index in [1.807, 2.05) is 43.3 Å². The molecule has 1 amide bonds. The molecular weight excluding hydrogens is 633 g/mol. The number of amides is 1. The Morgan fingerprint density at radius 2 is 1.70 bits per heavy atom. The Kier molecular flexibility index (Phi) is 10.7. The molecule has 47 heavy (non-hydrogen) atoms. The number of hydrogen-bond acceptors (Lipinski definition) is 7. The van der Waals surface area contributed by atoms with E-state index in [4.69, 9.17) is 22.1 Å². The second-order valence-electron chi connectivity index (χ2n) is 12.3. The lowest BCUT2D eigenvalue weighted by atomic mass is 10.1. The summed E-state index contributed by atoms with van der Waals surface area (Å²) >= 11 is 6.40. The van der Waals surface area contributed by atoms with Gasteiger partial charge in [-0.25, -0.2) is 4.79 Å². The molecule has 0 spiro atoms. The highest BCUT2D eigenvalue weighted by atomic mass is 35.5. The average molecular weight is 675 g/mol. The van der Waals surface area contributed by atoms with Crippen LogP contribution in [0.25, 0.3) is 0 Å². The van der Waals surface area contributed by atoms with E-state index in [9.17, 15) is 22.8 Å². The molecule has 254 valence electrons. The van der Waals surface area contributed by atoms with Crippen LogP contribution in [0.5, 0.6) is 5.75 Å². The number of carbonyl (C=O) groups excluding carboxylic acids is 2. The lowest BCUT2D eigenvalue weighted by Gasteiger charge is -2.41. The fourth-order valence-electron chi connectivity index (χ4n) is 6.44. The van der Waals surface area contributed by atoms with Crippen LogP contribution in [0, 0.1) is 6.92 Å². The molecule has 3 heterocycles. The Labute approximate surface area is 278 Å². The molecule has 0 bridgehead atoms. The summed E-state index contributed by atoms with van der Waals surface area (Å²) in [5.74, 6) is -3.15. The molecule has 1 aromatic heterocycles. The van der Waals surface area contributed by atoms with E-state index >= 15 is 0 Å². The second-order valence-corrected chi connectivity index (χ2v) is 12.7. The van der Waals surface area contributed by atoms with Crippen molar-refractivity contribution in [1.29, 1.82) is 0 Å². The number of alkyl halides is 3. The van der Waals surface area contributed by atoms with Crippen molar-refractivity contribution in [3.05, 3.63) is 76.1 Å². The van der Waals surface area contributed by atoms with Crippen molar-refractivity contribution in [2.75, 3.05) is 62.2 Å². The van der Waals surface area contributed by atoms with Gasteiger partial charge in [-0.15, -0.1) is 0 Å². The van der Waals surface area contributed by atoms with Crippen molar-refractivity contribution in [3.63, 3.8) is 0 Å². The number of nitrogens with zero attached hydrogens (tertiary/aromatic N) is 5. The molecule has 3 aromatic rings. The topological polar surface area (TPSA) is 87.3 Å². The van der Waals surface area contributed by atoms with Crippen molar-refractivity contribution in [1.82, 2.24) is 14.4 Å². The number of aryl methyl sites for hydroxylation is 1. The zero-order valence-corrected chi connectivity index (χ0v) is 27.8. The zero-order chi connectivity index (χ0) is 33.9. The molecule has 9 nitrogen and oxygen atoms in total. The van der Waals surface area contributed by atoms with Gasteiger partial charge < -0.3 is 29.7 Å². The lowest BCUT2D eigenvalue weighted by Crippen LogP contribution is -2.54. The Morgan fingerprint density at radius 3 is 2.36 bits per heavy atom. The van der Waals surface area contributed by atoms with Gasteiger partial charge in [-0.3, -0.25) is 9.69 Å². The minimum Gasteiger partial charge on any atom is -0.417 e. The van der Waals surface area contributed by atoms with Gasteiger partial charge >= 0.3 is 12.1 Å². The third kappa shape index (κ3) is 7.71. The summed E-state index contributed by atoms with van der Waals surface area (Å²) in [6.07, 6.45) is -3.45. The third-order valence-corrected chi connectivity index (χ3v) is 9.49. The van der Waals surface area contributed by atoms with Gasteiger partial charge in [0.25, 0.3) is 5.91 Å². The van der Waals surface area contributed by atoms with E-state index in [2.05, 4.69) is 26.8 Å². The summed E-state index contributed by atoms with van der Waals surface area (Å²) in [5, 5.41) is 0.649. The number of aromatic nitrogens is 1. The van der Waals surface area contributed by atoms with Crippen LogP contribution in [-0.2, 0) is 24.8 Å². The third-order valence-electron chi connectivity index (χ3n) is 9.17. The first kappa shape index (κ1) is 34.6. The molecule has 2 saturated heterocycles. The summed E-state index contributed by atoms with van der Waals surface area (Å²) in [7, 11) is 1.63. The summed E-state index contributed by atoms with van der Waals surface area (Å²) in [6.45, 7) is 8.40. The standard InChI is InChI=1S/C34H42ClF3N6O3/c1-23-21-43(26-10-6-8-25(20-26)9-7-13-39)18-19-44(23)32(45)30-31(47-33(46)34(36,37)38)27(24(2)40(30)3)22-41-14-16-42(17-15-41)29-12-5-4-11-28(29)35/h4-6,8,10-12,20,23H,7,9,13-19,21-22,39H2,1-3H3/t23-/m1/s1. The van der Waals surface area contributed by atoms with E-state index < -0.39 is 18.1 Å². The van der Waals surface area contributed by atoms with Gasteiger partial charge in [0.05, 0.1) is 10.7 Å². The number of benzene rings is 2. The molecule has 0 unspecified atom stereocenters. The predicted octanol–water partition coefficient (Wildman–Crippen LogP) is 5.02. The molecule has 2 N–H and O–H groups in total. The van der Waals surface area contributed by atoms with Crippen molar-refractivity contribution in [2.45, 2.75) is 45.5 Å². The Balaban J connectivity index is 1.36. The number of ether oxygens (including phenoxy) is 1. The van der Waals surface area contributed by atoms with Gasteiger partial charge in [-0.05, 0) is 63.1 Å². The summed E-state index contributed by atoms with van der Waals surface area (Å²) in [4.78, 5) is 34.5. The van der Waals surface area contributed by atoms with E-state index in [1.165, 1.54) is 5.56 Å². The maximum Gasteiger partial charge on any atom is 0.491 e. The first-order valence-electron chi connectivity index (χ1n) is 15.9. The number of hydrogen-bond donors (Lipinski definition) is 1. The van der Waals surface area contributed by atoms with Gasteiger partial charge in [-0.1, -0.05) is 35.9 Å². The number of anilines is 2.